The SMILES string of the molecule is C=CCOc1ccccc1CN=C(NCC)NCC(=O)N1CCc2sccc2C1. The largest absolute Gasteiger partial charge is 0.489 e. The fraction of sp³-hybridized carbons (Fsp3) is 0.364. The molecule has 0 unspecified atom stereocenters. The lowest BCUT2D eigenvalue weighted by atomic mass is 10.1. The zero-order valence-corrected chi connectivity index (χ0v) is 17.6. The number of carbonyl (C=O) groups is 1. The van der Waals surface area contributed by atoms with Crippen LogP contribution >= 0.6 is 11.3 Å². The summed E-state index contributed by atoms with van der Waals surface area (Å²) in [5.74, 6) is 1.50. The maximum absolute atomic E-state index is 12.6. The van der Waals surface area contributed by atoms with Gasteiger partial charge in [-0.3, -0.25) is 4.79 Å². The van der Waals surface area contributed by atoms with Crippen molar-refractivity contribution in [2.45, 2.75) is 26.4 Å². The van der Waals surface area contributed by atoms with Crippen molar-refractivity contribution in [3.63, 3.8) is 0 Å². The van der Waals surface area contributed by atoms with Gasteiger partial charge in [0.05, 0.1) is 13.1 Å². The summed E-state index contributed by atoms with van der Waals surface area (Å²) >= 11 is 1.78. The summed E-state index contributed by atoms with van der Waals surface area (Å²) in [6.07, 6.45) is 2.66. The van der Waals surface area contributed by atoms with Crippen LogP contribution < -0.4 is 15.4 Å². The Kier molecular flexibility index (Phi) is 7.69. The molecule has 2 heterocycles. The summed E-state index contributed by atoms with van der Waals surface area (Å²) in [5, 5.41) is 8.46. The number of para-hydroxylation sites is 1. The van der Waals surface area contributed by atoms with Gasteiger partial charge in [-0.1, -0.05) is 30.9 Å². The lowest BCUT2D eigenvalue weighted by Gasteiger charge is -2.27. The Morgan fingerprint density at radius 1 is 1.34 bits per heavy atom. The van der Waals surface area contributed by atoms with Crippen molar-refractivity contribution in [3.05, 3.63) is 64.4 Å². The second-order valence-electron chi connectivity index (χ2n) is 6.69. The van der Waals surface area contributed by atoms with Crippen LogP contribution in [0.15, 0.2) is 53.4 Å². The highest BCUT2D eigenvalue weighted by atomic mass is 32.1. The van der Waals surface area contributed by atoms with Gasteiger partial charge in [-0.25, -0.2) is 4.99 Å². The zero-order valence-electron chi connectivity index (χ0n) is 16.8. The van der Waals surface area contributed by atoms with Crippen LogP contribution in [-0.2, 0) is 24.3 Å². The fourth-order valence-electron chi connectivity index (χ4n) is 3.16. The van der Waals surface area contributed by atoms with Crippen LogP contribution in [0, 0.1) is 0 Å². The number of hydrogen-bond donors (Lipinski definition) is 2. The molecule has 0 radical (unpaired) electrons. The minimum Gasteiger partial charge on any atom is -0.489 e. The second kappa shape index (κ2) is 10.7. The van der Waals surface area contributed by atoms with Gasteiger partial charge in [-0.15, -0.1) is 11.3 Å². The molecular weight excluding hydrogens is 384 g/mol. The number of guanidine groups is 1. The Balaban J connectivity index is 1.57. The van der Waals surface area contributed by atoms with E-state index < -0.39 is 0 Å². The molecule has 0 spiro atoms. The minimum atomic E-state index is 0.0853. The molecule has 7 heteroatoms. The van der Waals surface area contributed by atoms with Gasteiger partial charge in [0, 0.05) is 30.1 Å². The van der Waals surface area contributed by atoms with Crippen LogP contribution in [0.5, 0.6) is 5.75 Å². The number of carbonyl (C=O) groups excluding carboxylic acids is 1. The number of rotatable bonds is 8. The van der Waals surface area contributed by atoms with Crippen molar-refractivity contribution in [3.8, 4) is 5.75 Å². The van der Waals surface area contributed by atoms with E-state index in [-0.39, 0.29) is 12.5 Å². The molecule has 1 aromatic carbocycles. The van der Waals surface area contributed by atoms with Crippen molar-refractivity contribution in [2.75, 3.05) is 26.2 Å². The third kappa shape index (κ3) is 5.84. The third-order valence-corrected chi connectivity index (χ3v) is 5.67. The number of aliphatic imine (C=N–C) groups is 1. The predicted octanol–water partition coefficient (Wildman–Crippen LogP) is 2.95. The quantitative estimate of drug-likeness (QED) is 0.397. The Bertz CT molecular complexity index is 862. The molecule has 3 rings (SSSR count). The molecule has 1 aliphatic heterocycles. The lowest BCUT2D eigenvalue weighted by molar-refractivity contribution is -0.130. The van der Waals surface area contributed by atoms with Gasteiger partial charge in [0.1, 0.15) is 12.4 Å². The van der Waals surface area contributed by atoms with Gasteiger partial charge >= 0.3 is 0 Å². The third-order valence-electron chi connectivity index (χ3n) is 4.65. The maximum Gasteiger partial charge on any atom is 0.242 e. The number of benzene rings is 1. The van der Waals surface area contributed by atoms with E-state index in [0.29, 0.717) is 25.7 Å². The normalized spacial score (nSPS) is 13.6. The minimum absolute atomic E-state index is 0.0853. The Morgan fingerprint density at radius 2 is 2.21 bits per heavy atom. The highest BCUT2D eigenvalue weighted by molar-refractivity contribution is 7.10. The summed E-state index contributed by atoms with van der Waals surface area (Å²) in [7, 11) is 0. The molecule has 6 nitrogen and oxygen atoms in total. The number of nitrogens with one attached hydrogen (secondary N) is 2. The number of amides is 1. The molecule has 0 bridgehead atoms. The molecule has 2 N–H and O–H groups in total. The summed E-state index contributed by atoms with van der Waals surface area (Å²) in [5.41, 5.74) is 2.25. The zero-order chi connectivity index (χ0) is 20.5. The number of thiophene rings is 1. The predicted molar refractivity (Wildman–Crippen MR) is 118 cm³/mol. The average molecular weight is 413 g/mol. The number of nitrogens with zero attached hydrogens (tertiary/aromatic N) is 2. The van der Waals surface area contributed by atoms with Crippen LogP contribution in [0.1, 0.15) is 22.9 Å². The fourth-order valence-corrected chi connectivity index (χ4v) is 4.05. The molecule has 29 heavy (non-hydrogen) atoms. The number of fused-ring (bicyclic) bond motifs is 1. The first kappa shape index (κ1) is 20.9. The van der Waals surface area contributed by atoms with Crippen molar-refractivity contribution >= 4 is 23.2 Å². The van der Waals surface area contributed by atoms with Gasteiger partial charge in [-0.2, -0.15) is 0 Å². The van der Waals surface area contributed by atoms with E-state index in [1.807, 2.05) is 36.1 Å². The number of ether oxygens (including phenoxy) is 1. The van der Waals surface area contributed by atoms with Crippen molar-refractivity contribution in [2.24, 2.45) is 4.99 Å². The molecule has 0 fully saturated rings. The molecule has 0 saturated carbocycles. The van der Waals surface area contributed by atoms with E-state index in [2.05, 4.69) is 33.7 Å². The Morgan fingerprint density at radius 3 is 3.03 bits per heavy atom. The van der Waals surface area contributed by atoms with Crippen molar-refractivity contribution in [1.82, 2.24) is 15.5 Å². The first-order chi connectivity index (χ1) is 14.2. The van der Waals surface area contributed by atoms with E-state index in [1.54, 1.807) is 17.4 Å². The van der Waals surface area contributed by atoms with Gasteiger partial charge in [0.15, 0.2) is 5.96 Å². The average Bonchev–Trinajstić information content (AvgIpc) is 3.22. The summed E-state index contributed by atoms with van der Waals surface area (Å²) in [6, 6.07) is 9.93. The standard InChI is InChI=1S/C22H28N4O2S/c1-3-12-28-19-8-6-5-7-17(19)14-24-22(23-4-2)25-15-21(27)26-11-9-20-18(16-26)10-13-29-20/h3,5-8,10,13H,1,4,9,11-12,14-16H2,2H3,(H2,23,24,25). The van der Waals surface area contributed by atoms with Crippen LogP contribution in [0.25, 0.3) is 0 Å². The Labute approximate surface area is 176 Å². The van der Waals surface area contributed by atoms with Crippen LogP contribution in [0.3, 0.4) is 0 Å². The highest BCUT2D eigenvalue weighted by Crippen LogP contribution is 2.23. The second-order valence-corrected chi connectivity index (χ2v) is 7.69. The summed E-state index contributed by atoms with van der Waals surface area (Å²) < 4.78 is 5.69. The molecule has 1 aliphatic rings. The van der Waals surface area contributed by atoms with Crippen molar-refractivity contribution < 1.29 is 9.53 Å². The van der Waals surface area contributed by atoms with E-state index >= 15 is 0 Å². The maximum atomic E-state index is 12.6. The molecule has 154 valence electrons. The van der Waals surface area contributed by atoms with Gasteiger partial charge < -0.3 is 20.3 Å². The lowest BCUT2D eigenvalue weighted by Crippen LogP contribution is -2.45. The van der Waals surface area contributed by atoms with Gasteiger partial charge in [-0.05, 0) is 36.4 Å². The molecular formula is C22H28N4O2S. The first-order valence-electron chi connectivity index (χ1n) is 9.88. The molecule has 0 atom stereocenters. The van der Waals surface area contributed by atoms with E-state index in [4.69, 9.17) is 4.74 Å². The molecule has 0 saturated heterocycles. The molecule has 2 aromatic rings. The van der Waals surface area contributed by atoms with Crippen molar-refractivity contribution in [1.29, 1.82) is 0 Å². The van der Waals surface area contributed by atoms with Crippen LogP contribution in [0.2, 0.25) is 0 Å². The van der Waals surface area contributed by atoms with Gasteiger partial charge in [0.2, 0.25) is 5.91 Å². The van der Waals surface area contributed by atoms with Crippen LogP contribution in [0.4, 0.5) is 0 Å². The monoisotopic (exact) mass is 412 g/mol. The summed E-state index contributed by atoms with van der Waals surface area (Å²) in [6.45, 7) is 9.01. The highest BCUT2D eigenvalue weighted by Gasteiger charge is 2.21. The molecule has 0 aliphatic carbocycles. The van der Waals surface area contributed by atoms with Crippen LogP contribution in [-0.4, -0.2) is 43.0 Å². The van der Waals surface area contributed by atoms with E-state index in [9.17, 15) is 4.79 Å². The van der Waals surface area contributed by atoms with Gasteiger partial charge in [0.25, 0.3) is 0 Å². The molecule has 1 amide bonds. The first-order valence-corrected chi connectivity index (χ1v) is 10.8. The number of hydrogen-bond acceptors (Lipinski definition) is 4. The van der Waals surface area contributed by atoms with E-state index in [1.165, 1.54) is 10.4 Å². The smallest absolute Gasteiger partial charge is 0.242 e. The topological polar surface area (TPSA) is 66.0 Å². The molecule has 1 aromatic heterocycles. The van der Waals surface area contributed by atoms with E-state index in [0.717, 1.165) is 30.8 Å². The Hall–Kier alpha value is -2.80. The summed E-state index contributed by atoms with van der Waals surface area (Å²) in [4.78, 5) is 20.6.